The topological polar surface area (TPSA) is 69.6 Å². The fourth-order valence-electron chi connectivity index (χ4n) is 1.71. The van der Waals surface area contributed by atoms with Crippen LogP contribution >= 0.6 is 0 Å². The van der Waals surface area contributed by atoms with Crippen molar-refractivity contribution < 1.29 is 15.0 Å². The summed E-state index contributed by atoms with van der Waals surface area (Å²) in [6.45, 7) is 6.09. The van der Waals surface area contributed by atoms with Crippen LogP contribution in [0.2, 0.25) is 0 Å². The Morgan fingerprint density at radius 3 is 2.28 bits per heavy atom. The number of rotatable bonds is 4. The van der Waals surface area contributed by atoms with Crippen molar-refractivity contribution >= 4 is 5.91 Å². The summed E-state index contributed by atoms with van der Waals surface area (Å²) in [7, 11) is 0. The Morgan fingerprint density at radius 1 is 1.28 bits per heavy atom. The van der Waals surface area contributed by atoms with Gasteiger partial charge in [0.25, 0.3) is 5.91 Å². The van der Waals surface area contributed by atoms with E-state index in [0.29, 0.717) is 12.0 Å². The van der Waals surface area contributed by atoms with Crippen molar-refractivity contribution in [2.24, 2.45) is 5.41 Å². The van der Waals surface area contributed by atoms with E-state index in [1.807, 2.05) is 20.8 Å². The van der Waals surface area contributed by atoms with E-state index in [2.05, 4.69) is 5.32 Å². The van der Waals surface area contributed by atoms with Crippen LogP contribution in [-0.2, 0) is 0 Å². The van der Waals surface area contributed by atoms with Crippen LogP contribution in [-0.4, -0.2) is 28.8 Å². The van der Waals surface area contributed by atoms with Gasteiger partial charge in [0.05, 0.1) is 0 Å². The van der Waals surface area contributed by atoms with Crippen molar-refractivity contribution in [3.63, 3.8) is 0 Å². The van der Waals surface area contributed by atoms with Crippen molar-refractivity contribution in [3.8, 4) is 5.75 Å². The summed E-state index contributed by atoms with van der Waals surface area (Å²) in [6, 6.07) is 6.01. The normalized spacial score (nSPS) is 13.1. The first kappa shape index (κ1) is 14.5. The molecule has 0 saturated carbocycles. The van der Waals surface area contributed by atoms with Crippen molar-refractivity contribution in [3.05, 3.63) is 29.8 Å². The van der Waals surface area contributed by atoms with Crippen LogP contribution in [0.4, 0.5) is 0 Å². The van der Waals surface area contributed by atoms with Gasteiger partial charge in [-0.05, 0) is 36.1 Å². The molecule has 3 N–H and O–H groups in total. The number of aliphatic hydroxyl groups is 1. The molecule has 18 heavy (non-hydrogen) atoms. The highest BCUT2D eigenvalue weighted by atomic mass is 16.3. The second-order valence-electron chi connectivity index (χ2n) is 5.45. The van der Waals surface area contributed by atoms with Crippen LogP contribution in [0.5, 0.6) is 5.75 Å². The van der Waals surface area contributed by atoms with Gasteiger partial charge in [-0.2, -0.15) is 0 Å². The predicted octanol–water partition coefficient (Wildman–Crippen LogP) is 1.92. The zero-order valence-corrected chi connectivity index (χ0v) is 11.1. The highest BCUT2D eigenvalue weighted by Gasteiger charge is 2.25. The number of aliphatic hydroxyl groups excluding tert-OH is 1. The lowest BCUT2D eigenvalue weighted by Gasteiger charge is -2.31. The summed E-state index contributed by atoms with van der Waals surface area (Å²) in [4.78, 5) is 12.0. The lowest BCUT2D eigenvalue weighted by Crippen LogP contribution is -2.44. The van der Waals surface area contributed by atoms with E-state index in [0.717, 1.165) is 0 Å². The Hall–Kier alpha value is -1.55. The van der Waals surface area contributed by atoms with Gasteiger partial charge in [-0.25, -0.2) is 0 Å². The van der Waals surface area contributed by atoms with E-state index in [1.165, 1.54) is 12.1 Å². The molecule has 0 fully saturated rings. The molecule has 0 heterocycles. The molecule has 1 aromatic rings. The number of benzene rings is 1. The molecule has 1 unspecified atom stereocenters. The van der Waals surface area contributed by atoms with Gasteiger partial charge in [0.2, 0.25) is 0 Å². The Bertz CT molecular complexity index is 392. The smallest absolute Gasteiger partial charge is 0.251 e. The number of aromatic hydroxyl groups is 1. The van der Waals surface area contributed by atoms with Crippen molar-refractivity contribution in [1.82, 2.24) is 5.32 Å². The van der Waals surface area contributed by atoms with Gasteiger partial charge in [0, 0.05) is 18.2 Å². The molecule has 0 bridgehead atoms. The van der Waals surface area contributed by atoms with Gasteiger partial charge in [0.1, 0.15) is 5.75 Å². The molecular formula is C14H21NO3. The molecule has 100 valence electrons. The predicted molar refractivity (Wildman–Crippen MR) is 70.5 cm³/mol. The van der Waals surface area contributed by atoms with Crippen LogP contribution in [0.15, 0.2) is 24.3 Å². The highest BCUT2D eigenvalue weighted by molar-refractivity contribution is 5.94. The van der Waals surface area contributed by atoms with Crippen LogP contribution < -0.4 is 5.32 Å². The minimum Gasteiger partial charge on any atom is -0.508 e. The maximum absolute atomic E-state index is 12.0. The van der Waals surface area contributed by atoms with Crippen molar-refractivity contribution in [2.45, 2.75) is 33.2 Å². The SMILES string of the molecule is CC(C)(C)C(CCO)NC(=O)c1ccc(O)cc1. The van der Waals surface area contributed by atoms with Gasteiger partial charge in [-0.3, -0.25) is 4.79 Å². The fraction of sp³-hybridized carbons (Fsp3) is 0.500. The van der Waals surface area contributed by atoms with E-state index in [-0.39, 0.29) is 29.7 Å². The number of phenolic OH excluding ortho intramolecular Hbond substituents is 1. The third-order valence-corrected chi connectivity index (χ3v) is 2.90. The average Bonchev–Trinajstić information content (AvgIpc) is 2.28. The Balaban J connectivity index is 2.75. The molecule has 0 aliphatic rings. The van der Waals surface area contributed by atoms with Crippen molar-refractivity contribution in [1.29, 1.82) is 0 Å². The molecule has 0 aliphatic carbocycles. The Kier molecular flexibility index (Phi) is 4.73. The first-order chi connectivity index (χ1) is 8.34. The number of carbonyl (C=O) groups excluding carboxylic acids is 1. The first-order valence-corrected chi connectivity index (χ1v) is 6.05. The molecular weight excluding hydrogens is 230 g/mol. The molecule has 1 rings (SSSR count). The number of carbonyl (C=O) groups is 1. The van der Waals surface area contributed by atoms with E-state index in [4.69, 9.17) is 10.2 Å². The van der Waals surface area contributed by atoms with Crippen LogP contribution in [0, 0.1) is 5.41 Å². The van der Waals surface area contributed by atoms with E-state index in [1.54, 1.807) is 12.1 Å². The summed E-state index contributed by atoms with van der Waals surface area (Å²) in [5.41, 5.74) is 0.384. The molecule has 1 atom stereocenters. The zero-order chi connectivity index (χ0) is 13.8. The minimum absolute atomic E-state index is 0.0395. The van der Waals surface area contributed by atoms with E-state index in [9.17, 15) is 4.79 Å². The van der Waals surface area contributed by atoms with Crippen LogP contribution in [0.25, 0.3) is 0 Å². The second-order valence-corrected chi connectivity index (χ2v) is 5.45. The largest absolute Gasteiger partial charge is 0.508 e. The van der Waals surface area contributed by atoms with Crippen LogP contribution in [0.1, 0.15) is 37.6 Å². The van der Waals surface area contributed by atoms with Crippen LogP contribution in [0.3, 0.4) is 0 Å². The second kappa shape index (κ2) is 5.87. The zero-order valence-electron chi connectivity index (χ0n) is 11.1. The summed E-state index contributed by atoms with van der Waals surface area (Å²) in [5.74, 6) is -0.0577. The summed E-state index contributed by atoms with van der Waals surface area (Å²) >= 11 is 0. The molecule has 1 amide bonds. The van der Waals surface area contributed by atoms with E-state index >= 15 is 0 Å². The summed E-state index contributed by atoms with van der Waals surface area (Å²) in [6.07, 6.45) is 0.521. The number of hydrogen-bond donors (Lipinski definition) is 3. The van der Waals surface area contributed by atoms with E-state index < -0.39 is 0 Å². The third kappa shape index (κ3) is 4.04. The van der Waals surface area contributed by atoms with Gasteiger partial charge < -0.3 is 15.5 Å². The Labute approximate surface area is 108 Å². The quantitative estimate of drug-likeness (QED) is 0.765. The van der Waals surface area contributed by atoms with Gasteiger partial charge >= 0.3 is 0 Å². The molecule has 0 spiro atoms. The Morgan fingerprint density at radius 2 is 1.83 bits per heavy atom. The molecule has 4 nitrogen and oxygen atoms in total. The molecule has 0 radical (unpaired) electrons. The third-order valence-electron chi connectivity index (χ3n) is 2.90. The van der Waals surface area contributed by atoms with Gasteiger partial charge in [-0.1, -0.05) is 20.8 Å². The standard InChI is InChI=1S/C14H21NO3/c1-14(2,3)12(8-9-16)15-13(18)10-4-6-11(17)7-5-10/h4-7,12,16-17H,8-9H2,1-3H3,(H,15,18). The summed E-state index contributed by atoms with van der Waals surface area (Å²) < 4.78 is 0. The van der Waals surface area contributed by atoms with Crippen molar-refractivity contribution in [2.75, 3.05) is 6.61 Å². The lowest BCUT2D eigenvalue weighted by molar-refractivity contribution is 0.0885. The molecule has 0 aliphatic heterocycles. The summed E-state index contributed by atoms with van der Waals surface area (Å²) in [5, 5.41) is 21.1. The number of hydrogen-bond acceptors (Lipinski definition) is 3. The number of amides is 1. The molecule has 0 aromatic heterocycles. The fourth-order valence-corrected chi connectivity index (χ4v) is 1.71. The molecule has 0 saturated heterocycles. The maximum atomic E-state index is 12.0. The van der Waals surface area contributed by atoms with Gasteiger partial charge in [0.15, 0.2) is 0 Å². The number of phenols is 1. The monoisotopic (exact) mass is 251 g/mol. The molecule has 1 aromatic carbocycles. The first-order valence-electron chi connectivity index (χ1n) is 6.05. The maximum Gasteiger partial charge on any atom is 0.251 e. The van der Waals surface area contributed by atoms with Gasteiger partial charge in [-0.15, -0.1) is 0 Å². The highest BCUT2D eigenvalue weighted by Crippen LogP contribution is 2.22. The minimum atomic E-state index is -0.191. The lowest BCUT2D eigenvalue weighted by atomic mass is 9.85. The molecule has 4 heteroatoms. The number of nitrogens with one attached hydrogen (secondary N) is 1. The average molecular weight is 251 g/mol.